The van der Waals surface area contributed by atoms with Crippen LogP contribution in [0.5, 0.6) is 0 Å². The van der Waals surface area contributed by atoms with E-state index in [1.54, 1.807) is 12.3 Å². The number of pyridine rings is 1. The predicted molar refractivity (Wildman–Crippen MR) is 71.2 cm³/mol. The summed E-state index contributed by atoms with van der Waals surface area (Å²) in [6, 6.07) is 11.6. The van der Waals surface area contributed by atoms with Crippen molar-refractivity contribution >= 4 is 23.2 Å². The van der Waals surface area contributed by atoms with Gasteiger partial charge in [0.25, 0.3) is 0 Å². The molecule has 2 aromatic rings. The van der Waals surface area contributed by atoms with Gasteiger partial charge in [-0.3, -0.25) is 0 Å². The highest BCUT2D eigenvalue weighted by Crippen LogP contribution is 2.10. The second-order valence-corrected chi connectivity index (χ2v) is 4.55. The monoisotopic (exact) mass is 266 g/mol. The number of halogens is 2. The molecule has 1 aromatic heterocycles. The molecule has 0 fully saturated rings. The summed E-state index contributed by atoms with van der Waals surface area (Å²) in [7, 11) is 0. The lowest BCUT2D eigenvalue weighted by Crippen LogP contribution is -2.12. The molecule has 0 aliphatic rings. The van der Waals surface area contributed by atoms with Gasteiger partial charge in [0.2, 0.25) is 0 Å². The van der Waals surface area contributed by atoms with Crippen LogP contribution in [0.4, 0.5) is 0 Å². The Morgan fingerprint density at radius 1 is 1.00 bits per heavy atom. The molecule has 0 spiro atoms. The van der Waals surface area contributed by atoms with Gasteiger partial charge < -0.3 is 5.32 Å². The second-order valence-electron chi connectivity index (χ2n) is 3.72. The molecule has 0 saturated carbocycles. The molecule has 0 aliphatic carbocycles. The first kappa shape index (κ1) is 12.4. The van der Waals surface area contributed by atoms with Crippen LogP contribution in [0.25, 0.3) is 0 Å². The first-order chi connectivity index (χ1) is 8.24. The molecular formula is C13H12Cl2N2. The maximum atomic E-state index is 5.91. The van der Waals surface area contributed by atoms with E-state index in [4.69, 9.17) is 23.2 Å². The van der Waals surface area contributed by atoms with Gasteiger partial charge in [0.15, 0.2) is 0 Å². The molecule has 0 radical (unpaired) electrons. The Labute approximate surface area is 111 Å². The van der Waals surface area contributed by atoms with Crippen LogP contribution in [0.15, 0.2) is 42.6 Å². The van der Waals surface area contributed by atoms with E-state index in [0.29, 0.717) is 5.15 Å². The molecule has 0 amide bonds. The lowest BCUT2D eigenvalue weighted by Gasteiger charge is -2.05. The van der Waals surface area contributed by atoms with Crippen molar-refractivity contribution in [1.82, 2.24) is 10.3 Å². The van der Waals surface area contributed by atoms with Crippen molar-refractivity contribution in [2.75, 3.05) is 0 Å². The summed E-state index contributed by atoms with van der Waals surface area (Å²) < 4.78 is 0. The highest BCUT2D eigenvalue weighted by Gasteiger charge is 1.96. The van der Waals surface area contributed by atoms with Crippen LogP contribution < -0.4 is 5.32 Å². The van der Waals surface area contributed by atoms with Crippen LogP contribution in [0.1, 0.15) is 11.1 Å². The van der Waals surface area contributed by atoms with E-state index >= 15 is 0 Å². The van der Waals surface area contributed by atoms with E-state index in [0.717, 1.165) is 23.7 Å². The zero-order chi connectivity index (χ0) is 12.1. The molecule has 4 heteroatoms. The van der Waals surface area contributed by atoms with Crippen LogP contribution in [0.3, 0.4) is 0 Å². The minimum absolute atomic E-state index is 0.517. The maximum Gasteiger partial charge on any atom is 0.129 e. The lowest BCUT2D eigenvalue weighted by atomic mass is 10.2. The summed E-state index contributed by atoms with van der Waals surface area (Å²) in [4.78, 5) is 4.02. The normalized spacial score (nSPS) is 10.5. The van der Waals surface area contributed by atoms with Crippen molar-refractivity contribution in [3.05, 3.63) is 63.9 Å². The standard InChI is InChI=1S/C13H12Cl2N2/c14-12-3-1-2-10(6-12)7-16-8-11-4-5-13(15)17-9-11/h1-6,9,16H,7-8H2. The van der Waals surface area contributed by atoms with Crippen LogP contribution >= 0.6 is 23.2 Å². The molecule has 1 N–H and O–H groups in total. The van der Waals surface area contributed by atoms with Gasteiger partial charge in [-0.1, -0.05) is 41.4 Å². The van der Waals surface area contributed by atoms with Crippen molar-refractivity contribution in [3.63, 3.8) is 0 Å². The average molecular weight is 267 g/mol. The van der Waals surface area contributed by atoms with Gasteiger partial charge >= 0.3 is 0 Å². The fourth-order valence-electron chi connectivity index (χ4n) is 1.51. The predicted octanol–water partition coefficient (Wildman–Crippen LogP) is 3.68. The Bertz CT molecular complexity index is 483. The van der Waals surface area contributed by atoms with E-state index in [1.165, 1.54) is 5.56 Å². The van der Waals surface area contributed by atoms with Crippen molar-refractivity contribution in [1.29, 1.82) is 0 Å². The summed E-state index contributed by atoms with van der Waals surface area (Å²) in [6.45, 7) is 1.54. The summed E-state index contributed by atoms with van der Waals surface area (Å²) in [5.41, 5.74) is 2.27. The van der Waals surface area contributed by atoms with E-state index in [-0.39, 0.29) is 0 Å². The van der Waals surface area contributed by atoms with Crippen LogP contribution in [-0.2, 0) is 13.1 Å². The SMILES string of the molecule is Clc1cccc(CNCc2ccc(Cl)nc2)c1. The number of aromatic nitrogens is 1. The summed E-state index contributed by atoms with van der Waals surface area (Å²) in [5.74, 6) is 0. The molecule has 0 aliphatic heterocycles. The van der Waals surface area contributed by atoms with Crippen molar-refractivity contribution in [2.45, 2.75) is 13.1 Å². The van der Waals surface area contributed by atoms with Gasteiger partial charge in [0.1, 0.15) is 5.15 Å². The van der Waals surface area contributed by atoms with Crippen molar-refractivity contribution < 1.29 is 0 Å². The molecule has 0 atom stereocenters. The molecule has 2 rings (SSSR count). The largest absolute Gasteiger partial charge is 0.309 e. The fourth-order valence-corrected chi connectivity index (χ4v) is 1.83. The van der Waals surface area contributed by atoms with E-state index < -0.39 is 0 Å². The third-order valence-electron chi connectivity index (χ3n) is 2.34. The Morgan fingerprint density at radius 3 is 2.53 bits per heavy atom. The van der Waals surface area contributed by atoms with Gasteiger partial charge in [-0.2, -0.15) is 0 Å². The number of benzene rings is 1. The second kappa shape index (κ2) is 6.01. The summed E-state index contributed by atoms with van der Waals surface area (Å²) in [5, 5.41) is 4.60. The Hall–Kier alpha value is -1.09. The first-order valence-electron chi connectivity index (χ1n) is 5.29. The quantitative estimate of drug-likeness (QED) is 0.855. The fraction of sp³-hybridized carbons (Fsp3) is 0.154. The Morgan fingerprint density at radius 2 is 1.82 bits per heavy atom. The number of nitrogens with zero attached hydrogens (tertiary/aromatic N) is 1. The first-order valence-corrected chi connectivity index (χ1v) is 6.05. The third-order valence-corrected chi connectivity index (χ3v) is 2.79. The number of nitrogens with one attached hydrogen (secondary N) is 1. The minimum atomic E-state index is 0.517. The van der Waals surface area contributed by atoms with Gasteiger partial charge in [0, 0.05) is 24.3 Å². The zero-order valence-electron chi connectivity index (χ0n) is 9.16. The highest BCUT2D eigenvalue weighted by molar-refractivity contribution is 6.30. The van der Waals surface area contributed by atoms with E-state index in [2.05, 4.69) is 10.3 Å². The van der Waals surface area contributed by atoms with Crippen LogP contribution in [0, 0.1) is 0 Å². The smallest absolute Gasteiger partial charge is 0.129 e. The molecular weight excluding hydrogens is 255 g/mol. The lowest BCUT2D eigenvalue weighted by molar-refractivity contribution is 0.691. The molecule has 17 heavy (non-hydrogen) atoms. The number of rotatable bonds is 4. The topological polar surface area (TPSA) is 24.9 Å². The molecule has 88 valence electrons. The summed E-state index contributed by atoms with van der Waals surface area (Å²) >= 11 is 11.6. The Balaban J connectivity index is 1.85. The summed E-state index contributed by atoms with van der Waals surface area (Å²) in [6.07, 6.45) is 1.77. The molecule has 1 aromatic carbocycles. The average Bonchev–Trinajstić information content (AvgIpc) is 2.32. The van der Waals surface area contributed by atoms with E-state index in [1.807, 2.05) is 30.3 Å². The minimum Gasteiger partial charge on any atom is -0.309 e. The van der Waals surface area contributed by atoms with Crippen molar-refractivity contribution in [3.8, 4) is 0 Å². The van der Waals surface area contributed by atoms with Gasteiger partial charge in [-0.25, -0.2) is 4.98 Å². The maximum absolute atomic E-state index is 5.91. The highest BCUT2D eigenvalue weighted by atomic mass is 35.5. The Kier molecular flexibility index (Phi) is 4.37. The molecule has 0 saturated heterocycles. The number of hydrogen-bond donors (Lipinski definition) is 1. The molecule has 2 nitrogen and oxygen atoms in total. The molecule has 0 unspecified atom stereocenters. The molecule has 0 bridgehead atoms. The van der Waals surface area contributed by atoms with Gasteiger partial charge in [0.05, 0.1) is 0 Å². The van der Waals surface area contributed by atoms with Crippen LogP contribution in [0.2, 0.25) is 10.2 Å². The molecule has 1 heterocycles. The van der Waals surface area contributed by atoms with Gasteiger partial charge in [-0.15, -0.1) is 0 Å². The van der Waals surface area contributed by atoms with E-state index in [9.17, 15) is 0 Å². The number of hydrogen-bond acceptors (Lipinski definition) is 2. The zero-order valence-corrected chi connectivity index (χ0v) is 10.7. The van der Waals surface area contributed by atoms with Gasteiger partial charge in [-0.05, 0) is 29.3 Å². The van der Waals surface area contributed by atoms with Crippen molar-refractivity contribution in [2.24, 2.45) is 0 Å². The third kappa shape index (κ3) is 4.00. The van der Waals surface area contributed by atoms with Crippen LogP contribution in [-0.4, -0.2) is 4.98 Å².